The second-order valence-electron chi connectivity index (χ2n) is 4.94. The van der Waals surface area contributed by atoms with E-state index in [1.165, 1.54) is 19.3 Å². The number of ether oxygens (including phenoxy) is 1. The highest BCUT2D eigenvalue weighted by Gasteiger charge is 2.29. The highest BCUT2D eigenvalue weighted by molar-refractivity contribution is 5.88. The lowest BCUT2D eigenvalue weighted by atomic mass is 9.94. The number of Topliss-reactive ketones (excluding diaryl/α,β-unsaturated/α-hetero) is 1. The Balaban J connectivity index is 3.79. The molecule has 0 fully saturated rings. The van der Waals surface area contributed by atoms with Crippen molar-refractivity contribution in [1.82, 2.24) is 0 Å². The van der Waals surface area contributed by atoms with E-state index in [9.17, 15) is 4.79 Å². The Hall–Kier alpha value is -0.370. The molecule has 0 saturated heterocycles. The van der Waals surface area contributed by atoms with Gasteiger partial charge in [-0.05, 0) is 20.3 Å². The van der Waals surface area contributed by atoms with Gasteiger partial charge in [0.1, 0.15) is 5.60 Å². The zero-order valence-corrected chi connectivity index (χ0v) is 10.9. The first-order valence-electron chi connectivity index (χ1n) is 6.10. The molecule has 0 N–H and O–H groups in total. The fourth-order valence-electron chi connectivity index (χ4n) is 1.62. The summed E-state index contributed by atoms with van der Waals surface area (Å²) < 4.78 is 5.65. The van der Waals surface area contributed by atoms with Gasteiger partial charge in [-0.3, -0.25) is 4.79 Å². The first-order chi connectivity index (χ1) is 6.91. The van der Waals surface area contributed by atoms with Crippen LogP contribution >= 0.6 is 0 Å². The minimum atomic E-state index is -0.611. The van der Waals surface area contributed by atoms with Crippen LogP contribution in [0.5, 0.6) is 0 Å². The van der Waals surface area contributed by atoms with Gasteiger partial charge in [-0.25, -0.2) is 0 Å². The lowest BCUT2D eigenvalue weighted by Gasteiger charge is -2.25. The van der Waals surface area contributed by atoms with Gasteiger partial charge in [0.25, 0.3) is 0 Å². The summed E-state index contributed by atoms with van der Waals surface area (Å²) >= 11 is 0. The van der Waals surface area contributed by atoms with E-state index in [0.29, 0.717) is 6.61 Å². The summed E-state index contributed by atoms with van der Waals surface area (Å²) in [6.07, 6.45) is 4.74. The molecule has 0 atom stereocenters. The van der Waals surface area contributed by atoms with E-state index < -0.39 is 5.60 Å². The molecule has 0 spiro atoms. The minimum Gasteiger partial charge on any atom is -0.368 e. The monoisotopic (exact) mass is 214 g/mol. The van der Waals surface area contributed by atoms with E-state index in [1.54, 1.807) is 0 Å². The summed E-state index contributed by atoms with van der Waals surface area (Å²) in [5, 5.41) is 0. The molecule has 0 bridgehead atoms. The Morgan fingerprint density at radius 2 is 1.80 bits per heavy atom. The fraction of sp³-hybridized carbons (Fsp3) is 0.923. The molecular weight excluding hydrogens is 188 g/mol. The van der Waals surface area contributed by atoms with Gasteiger partial charge in [-0.15, -0.1) is 0 Å². The largest absolute Gasteiger partial charge is 0.368 e. The van der Waals surface area contributed by atoms with Crippen LogP contribution in [0.25, 0.3) is 0 Å². The second kappa shape index (κ2) is 7.00. The molecule has 0 aliphatic heterocycles. The van der Waals surface area contributed by atoms with E-state index in [4.69, 9.17) is 4.74 Å². The third-order valence-electron chi connectivity index (χ3n) is 2.58. The molecule has 0 rings (SSSR count). The molecule has 0 aliphatic rings. The summed E-state index contributed by atoms with van der Waals surface area (Å²) in [4.78, 5) is 11.8. The average Bonchev–Trinajstić information content (AvgIpc) is 2.16. The topological polar surface area (TPSA) is 26.3 Å². The number of ketones is 1. The Bertz CT molecular complexity index is 183. The Morgan fingerprint density at radius 3 is 2.27 bits per heavy atom. The zero-order valence-electron chi connectivity index (χ0n) is 10.9. The third kappa shape index (κ3) is 5.93. The molecule has 0 aromatic heterocycles. The van der Waals surface area contributed by atoms with Gasteiger partial charge in [-0.1, -0.05) is 40.0 Å². The molecule has 0 aromatic carbocycles. The van der Waals surface area contributed by atoms with Gasteiger partial charge in [0, 0.05) is 12.5 Å². The van der Waals surface area contributed by atoms with Crippen LogP contribution in [0.3, 0.4) is 0 Å². The van der Waals surface area contributed by atoms with Gasteiger partial charge < -0.3 is 4.74 Å². The van der Waals surface area contributed by atoms with Crippen molar-refractivity contribution in [3.8, 4) is 0 Å². The SMILES string of the molecule is CCCCCCOC(C)(C)C(=O)C(C)C. The van der Waals surface area contributed by atoms with Crippen LogP contribution in [0.15, 0.2) is 0 Å². The molecule has 90 valence electrons. The molecule has 0 aliphatic carbocycles. The number of hydrogen-bond acceptors (Lipinski definition) is 2. The number of unbranched alkanes of at least 4 members (excludes halogenated alkanes) is 3. The lowest BCUT2D eigenvalue weighted by molar-refractivity contribution is -0.143. The predicted molar refractivity (Wildman–Crippen MR) is 64.0 cm³/mol. The van der Waals surface area contributed by atoms with Crippen molar-refractivity contribution in [2.24, 2.45) is 5.92 Å². The van der Waals surface area contributed by atoms with Crippen LogP contribution in [-0.4, -0.2) is 18.0 Å². The second-order valence-corrected chi connectivity index (χ2v) is 4.94. The molecule has 0 saturated carbocycles. The quantitative estimate of drug-likeness (QED) is 0.577. The summed E-state index contributed by atoms with van der Waals surface area (Å²) in [7, 11) is 0. The van der Waals surface area contributed by atoms with Crippen LogP contribution in [0.1, 0.15) is 60.3 Å². The molecule has 15 heavy (non-hydrogen) atoms. The van der Waals surface area contributed by atoms with E-state index in [2.05, 4.69) is 6.92 Å². The van der Waals surface area contributed by atoms with Crippen molar-refractivity contribution in [2.45, 2.75) is 65.9 Å². The number of carbonyl (C=O) groups excluding carboxylic acids is 1. The maximum Gasteiger partial charge on any atom is 0.166 e. The van der Waals surface area contributed by atoms with Crippen molar-refractivity contribution >= 4 is 5.78 Å². The van der Waals surface area contributed by atoms with Crippen LogP contribution in [-0.2, 0) is 9.53 Å². The number of rotatable bonds is 8. The zero-order chi connectivity index (χ0) is 11.9. The average molecular weight is 214 g/mol. The molecule has 0 unspecified atom stereocenters. The van der Waals surface area contributed by atoms with E-state index in [0.717, 1.165) is 6.42 Å². The van der Waals surface area contributed by atoms with E-state index >= 15 is 0 Å². The van der Waals surface area contributed by atoms with Crippen LogP contribution < -0.4 is 0 Å². The van der Waals surface area contributed by atoms with Crippen molar-refractivity contribution in [1.29, 1.82) is 0 Å². The molecule has 0 aromatic rings. The van der Waals surface area contributed by atoms with Crippen molar-refractivity contribution < 1.29 is 9.53 Å². The summed E-state index contributed by atoms with van der Waals surface area (Å²) in [6, 6.07) is 0. The summed E-state index contributed by atoms with van der Waals surface area (Å²) in [5.41, 5.74) is -0.611. The Labute approximate surface area is 94.4 Å². The Morgan fingerprint density at radius 1 is 1.20 bits per heavy atom. The van der Waals surface area contributed by atoms with Crippen LogP contribution in [0, 0.1) is 5.92 Å². The minimum absolute atomic E-state index is 0.0515. The van der Waals surface area contributed by atoms with Gasteiger partial charge in [0.2, 0.25) is 0 Å². The number of hydrogen-bond donors (Lipinski definition) is 0. The first-order valence-corrected chi connectivity index (χ1v) is 6.10. The predicted octanol–water partition coefficient (Wildman–Crippen LogP) is 3.59. The van der Waals surface area contributed by atoms with Crippen molar-refractivity contribution in [2.75, 3.05) is 6.61 Å². The summed E-state index contributed by atoms with van der Waals surface area (Å²) in [5.74, 6) is 0.244. The van der Waals surface area contributed by atoms with Crippen molar-refractivity contribution in [3.63, 3.8) is 0 Å². The van der Waals surface area contributed by atoms with E-state index in [-0.39, 0.29) is 11.7 Å². The van der Waals surface area contributed by atoms with Gasteiger partial charge in [-0.2, -0.15) is 0 Å². The van der Waals surface area contributed by atoms with Crippen LogP contribution in [0.4, 0.5) is 0 Å². The smallest absolute Gasteiger partial charge is 0.166 e. The Kier molecular flexibility index (Phi) is 6.82. The van der Waals surface area contributed by atoms with Gasteiger partial charge in [0.05, 0.1) is 0 Å². The molecule has 2 nitrogen and oxygen atoms in total. The maximum absolute atomic E-state index is 11.8. The molecule has 0 heterocycles. The molecule has 0 amide bonds. The molecule has 0 radical (unpaired) electrons. The first kappa shape index (κ1) is 14.6. The summed E-state index contributed by atoms with van der Waals surface area (Å²) in [6.45, 7) is 10.5. The normalized spacial score (nSPS) is 12.1. The highest BCUT2D eigenvalue weighted by atomic mass is 16.5. The van der Waals surface area contributed by atoms with E-state index in [1.807, 2.05) is 27.7 Å². The number of carbonyl (C=O) groups is 1. The van der Waals surface area contributed by atoms with Crippen LogP contribution in [0.2, 0.25) is 0 Å². The molecule has 2 heteroatoms. The lowest BCUT2D eigenvalue weighted by Crippen LogP contribution is -2.38. The van der Waals surface area contributed by atoms with Gasteiger partial charge in [0.15, 0.2) is 5.78 Å². The maximum atomic E-state index is 11.8. The fourth-order valence-corrected chi connectivity index (χ4v) is 1.62. The van der Waals surface area contributed by atoms with Gasteiger partial charge >= 0.3 is 0 Å². The third-order valence-corrected chi connectivity index (χ3v) is 2.58. The standard InChI is InChI=1S/C13H26O2/c1-6-7-8-9-10-15-13(4,5)12(14)11(2)3/h11H,6-10H2,1-5H3. The highest BCUT2D eigenvalue weighted by Crippen LogP contribution is 2.17. The van der Waals surface area contributed by atoms with Crippen molar-refractivity contribution in [3.05, 3.63) is 0 Å². The molecular formula is C13H26O2.